The van der Waals surface area contributed by atoms with Crippen LogP contribution < -0.4 is 5.62 Å². The SMILES string of the molecule is Cn1/c(=N/S(=O)(=O)c2ccccc2)n(Cc2cccc(C(F)(F)F)c2)c2ccccc21. The van der Waals surface area contributed by atoms with Crippen molar-refractivity contribution in [1.82, 2.24) is 9.13 Å². The normalized spacial score (nSPS) is 13.1. The van der Waals surface area contributed by atoms with Crippen molar-refractivity contribution in [3.05, 3.63) is 95.6 Å². The lowest BCUT2D eigenvalue weighted by atomic mass is 10.1. The monoisotopic (exact) mass is 445 g/mol. The van der Waals surface area contributed by atoms with E-state index in [9.17, 15) is 21.6 Å². The molecule has 4 rings (SSSR count). The lowest BCUT2D eigenvalue weighted by molar-refractivity contribution is -0.137. The second-order valence-electron chi connectivity index (χ2n) is 7.01. The molecule has 0 radical (unpaired) electrons. The van der Waals surface area contributed by atoms with E-state index in [1.54, 1.807) is 64.7 Å². The van der Waals surface area contributed by atoms with Gasteiger partial charge in [-0.25, -0.2) is 0 Å². The maximum absolute atomic E-state index is 13.1. The predicted molar refractivity (Wildman–Crippen MR) is 111 cm³/mol. The first-order chi connectivity index (χ1) is 14.7. The molecule has 0 aliphatic heterocycles. The van der Waals surface area contributed by atoms with Gasteiger partial charge in [-0.3, -0.25) is 0 Å². The van der Waals surface area contributed by atoms with Crippen LogP contribution in [0.15, 0.2) is 88.2 Å². The summed E-state index contributed by atoms with van der Waals surface area (Å²) in [6.45, 7) is 0.0222. The van der Waals surface area contributed by atoms with Gasteiger partial charge in [0.2, 0.25) is 5.62 Å². The quantitative estimate of drug-likeness (QED) is 0.469. The van der Waals surface area contributed by atoms with E-state index in [4.69, 9.17) is 0 Å². The zero-order valence-corrected chi connectivity index (χ0v) is 17.2. The van der Waals surface area contributed by atoms with Crippen LogP contribution in [0.25, 0.3) is 11.0 Å². The van der Waals surface area contributed by atoms with Crippen LogP contribution in [-0.2, 0) is 29.8 Å². The van der Waals surface area contributed by atoms with E-state index in [0.717, 1.165) is 12.1 Å². The molecule has 160 valence electrons. The number of sulfonamides is 1. The second-order valence-corrected chi connectivity index (χ2v) is 8.62. The van der Waals surface area contributed by atoms with E-state index in [1.165, 1.54) is 18.2 Å². The van der Waals surface area contributed by atoms with Crippen LogP contribution in [0.1, 0.15) is 11.1 Å². The molecule has 0 unspecified atom stereocenters. The van der Waals surface area contributed by atoms with Gasteiger partial charge in [-0.05, 0) is 42.0 Å². The van der Waals surface area contributed by atoms with E-state index < -0.39 is 21.8 Å². The highest BCUT2D eigenvalue weighted by molar-refractivity contribution is 7.90. The van der Waals surface area contributed by atoms with E-state index >= 15 is 0 Å². The van der Waals surface area contributed by atoms with Gasteiger partial charge < -0.3 is 9.13 Å². The first-order valence-corrected chi connectivity index (χ1v) is 10.8. The third kappa shape index (κ3) is 4.13. The Balaban J connectivity index is 1.92. The van der Waals surface area contributed by atoms with Crippen molar-refractivity contribution in [1.29, 1.82) is 0 Å². The van der Waals surface area contributed by atoms with E-state index in [0.29, 0.717) is 16.6 Å². The number of rotatable bonds is 4. The molecule has 3 aromatic carbocycles. The number of halogens is 3. The lowest BCUT2D eigenvalue weighted by Gasteiger charge is -2.10. The van der Waals surface area contributed by atoms with Gasteiger partial charge in [0.15, 0.2) is 0 Å². The van der Waals surface area contributed by atoms with Crippen LogP contribution in [0, 0.1) is 0 Å². The lowest BCUT2D eigenvalue weighted by Crippen LogP contribution is -2.26. The van der Waals surface area contributed by atoms with Crippen molar-refractivity contribution in [3.63, 3.8) is 0 Å². The Morgan fingerprint density at radius 1 is 0.871 bits per heavy atom. The van der Waals surface area contributed by atoms with E-state index in [2.05, 4.69) is 4.40 Å². The number of aromatic nitrogens is 2. The largest absolute Gasteiger partial charge is 0.416 e. The smallest absolute Gasteiger partial charge is 0.312 e. The minimum absolute atomic E-state index is 0.0222. The number of aryl methyl sites for hydroxylation is 1. The summed E-state index contributed by atoms with van der Waals surface area (Å²) in [4.78, 5) is 0.0332. The van der Waals surface area contributed by atoms with Gasteiger partial charge in [-0.1, -0.05) is 42.5 Å². The molecule has 4 aromatic rings. The number of fused-ring (bicyclic) bond motifs is 1. The number of imidazole rings is 1. The molecule has 0 amide bonds. The number of para-hydroxylation sites is 2. The van der Waals surface area contributed by atoms with Crippen molar-refractivity contribution in [2.75, 3.05) is 0 Å². The molecular formula is C22H18F3N3O2S. The van der Waals surface area contributed by atoms with Crippen molar-refractivity contribution in [2.24, 2.45) is 11.4 Å². The van der Waals surface area contributed by atoms with Crippen LogP contribution >= 0.6 is 0 Å². The average molecular weight is 445 g/mol. The molecular weight excluding hydrogens is 427 g/mol. The molecule has 1 heterocycles. The van der Waals surface area contributed by atoms with E-state index in [1.807, 2.05) is 0 Å². The minimum Gasteiger partial charge on any atom is -0.312 e. The first-order valence-electron chi connectivity index (χ1n) is 9.33. The Labute approximate surface area is 176 Å². The fourth-order valence-corrected chi connectivity index (χ4v) is 4.46. The third-order valence-electron chi connectivity index (χ3n) is 4.91. The highest BCUT2D eigenvalue weighted by Crippen LogP contribution is 2.29. The zero-order valence-electron chi connectivity index (χ0n) is 16.4. The number of alkyl halides is 3. The third-order valence-corrected chi connectivity index (χ3v) is 6.18. The summed E-state index contributed by atoms with van der Waals surface area (Å²) in [6.07, 6.45) is -4.47. The maximum Gasteiger partial charge on any atom is 0.416 e. The summed E-state index contributed by atoms with van der Waals surface area (Å²) >= 11 is 0. The van der Waals surface area contributed by atoms with Crippen LogP contribution in [0.4, 0.5) is 13.2 Å². The van der Waals surface area contributed by atoms with Gasteiger partial charge in [0.1, 0.15) is 0 Å². The molecule has 9 heteroatoms. The predicted octanol–water partition coefficient (Wildman–Crippen LogP) is 4.34. The van der Waals surface area contributed by atoms with Gasteiger partial charge in [0.05, 0.1) is 28.0 Å². The fourth-order valence-electron chi connectivity index (χ4n) is 3.42. The molecule has 0 atom stereocenters. The molecule has 1 aromatic heterocycles. The Bertz CT molecular complexity index is 1420. The fraction of sp³-hybridized carbons (Fsp3) is 0.136. The number of nitrogens with zero attached hydrogens (tertiary/aromatic N) is 3. The molecule has 0 saturated heterocycles. The summed E-state index contributed by atoms with van der Waals surface area (Å²) in [7, 11) is -2.36. The van der Waals surface area contributed by atoms with Gasteiger partial charge >= 0.3 is 6.18 Å². The average Bonchev–Trinajstić information content (AvgIpc) is 3.00. The van der Waals surface area contributed by atoms with Gasteiger partial charge in [0.25, 0.3) is 10.0 Å². The number of benzene rings is 3. The number of hydrogen-bond acceptors (Lipinski definition) is 2. The minimum atomic E-state index is -4.47. The molecule has 0 N–H and O–H groups in total. The molecule has 0 spiro atoms. The molecule has 0 aliphatic carbocycles. The summed E-state index contributed by atoms with van der Waals surface area (Å²) < 4.78 is 72.4. The van der Waals surface area contributed by atoms with Gasteiger partial charge in [-0.15, -0.1) is 4.40 Å². The summed E-state index contributed by atoms with van der Waals surface area (Å²) in [6, 6.07) is 19.9. The molecule has 0 fully saturated rings. The van der Waals surface area contributed by atoms with E-state index in [-0.39, 0.29) is 17.1 Å². The van der Waals surface area contributed by atoms with Crippen molar-refractivity contribution < 1.29 is 21.6 Å². The Morgan fingerprint density at radius 2 is 1.52 bits per heavy atom. The molecule has 31 heavy (non-hydrogen) atoms. The maximum atomic E-state index is 13.1. The van der Waals surface area contributed by atoms with Crippen molar-refractivity contribution >= 4 is 21.1 Å². The van der Waals surface area contributed by atoms with Crippen LogP contribution in [0.2, 0.25) is 0 Å². The van der Waals surface area contributed by atoms with Crippen LogP contribution in [0.5, 0.6) is 0 Å². The highest BCUT2D eigenvalue weighted by Gasteiger charge is 2.30. The second kappa shape index (κ2) is 7.73. The molecule has 0 aliphatic rings. The van der Waals surface area contributed by atoms with Crippen LogP contribution in [0.3, 0.4) is 0 Å². The number of hydrogen-bond donors (Lipinski definition) is 0. The Morgan fingerprint density at radius 3 is 2.19 bits per heavy atom. The molecule has 0 bridgehead atoms. The zero-order chi connectivity index (χ0) is 22.2. The summed E-state index contributed by atoms with van der Waals surface area (Å²) in [5.41, 5.74) is 1.09. The highest BCUT2D eigenvalue weighted by atomic mass is 32.2. The summed E-state index contributed by atoms with van der Waals surface area (Å²) in [5, 5.41) is 0. The molecule has 5 nitrogen and oxygen atoms in total. The first kappa shape index (κ1) is 20.9. The van der Waals surface area contributed by atoms with Crippen LogP contribution in [-0.4, -0.2) is 17.6 Å². The molecule has 0 saturated carbocycles. The standard InChI is InChI=1S/C22H18F3N3O2S/c1-27-19-12-5-6-13-20(19)28(15-16-8-7-9-17(14-16)22(23,24)25)21(27)26-31(29,30)18-10-3-2-4-11-18/h2-14H,15H2,1H3/b26-21-. The summed E-state index contributed by atoms with van der Waals surface area (Å²) in [5.74, 6) is 0. The van der Waals surface area contributed by atoms with Crippen molar-refractivity contribution in [2.45, 2.75) is 17.6 Å². The topological polar surface area (TPSA) is 56.4 Å². The van der Waals surface area contributed by atoms with Gasteiger partial charge in [0, 0.05) is 7.05 Å². The van der Waals surface area contributed by atoms with Crippen molar-refractivity contribution in [3.8, 4) is 0 Å². The Hall–Kier alpha value is -3.33. The Kier molecular flexibility index (Phi) is 5.22. The van der Waals surface area contributed by atoms with Gasteiger partial charge in [-0.2, -0.15) is 21.6 Å².